The molecule has 1 aromatic heterocycles. The fourth-order valence-corrected chi connectivity index (χ4v) is 3.98. The molecule has 0 saturated carbocycles. The van der Waals surface area contributed by atoms with Gasteiger partial charge in [-0.3, -0.25) is 9.59 Å². The van der Waals surface area contributed by atoms with Gasteiger partial charge in [-0.1, -0.05) is 60.7 Å². The molecule has 0 atom stereocenters. The number of nitrogens with two attached hydrogens (primary N) is 1. The molecule has 8 nitrogen and oxygen atoms in total. The second-order valence-electron chi connectivity index (χ2n) is 8.49. The van der Waals surface area contributed by atoms with Crippen molar-refractivity contribution in [3.8, 4) is 5.69 Å². The molecule has 0 bridgehead atoms. The van der Waals surface area contributed by atoms with Gasteiger partial charge in [-0.25, -0.2) is 23.2 Å². The summed E-state index contributed by atoms with van der Waals surface area (Å²) in [6, 6.07) is 24.3. The monoisotopic (exact) mass is 574 g/mol. The number of anilines is 1. The van der Waals surface area contributed by atoms with E-state index in [1.165, 1.54) is 18.2 Å². The highest BCUT2D eigenvalue weighted by molar-refractivity contribution is 6.17. The van der Waals surface area contributed by atoms with Crippen molar-refractivity contribution >= 4 is 34.8 Å². The number of nitrogen functional groups attached to an aromatic ring is 1. The Labute approximate surface area is 237 Å². The Hall–Kier alpha value is -5.22. The van der Waals surface area contributed by atoms with Crippen LogP contribution < -0.4 is 5.73 Å². The summed E-state index contributed by atoms with van der Waals surface area (Å²) in [5.74, 6) is -3.55. The lowest BCUT2D eigenvalue weighted by Gasteiger charge is -2.10. The van der Waals surface area contributed by atoms with Crippen molar-refractivity contribution in [3.05, 3.63) is 143 Å². The zero-order chi connectivity index (χ0) is 29.5. The molecule has 4 aromatic carbocycles. The average Bonchev–Trinajstić information content (AvgIpc) is 3.44. The number of halogens is 3. The van der Waals surface area contributed by atoms with Crippen LogP contribution in [0.1, 0.15) is 48.3 Å². The van der Waals surface area contributed by atoms with Gasteiger partial charge in [0.1, 0.15) is 17.5 Å². The summed E-state index contributed by atoms with van der Waals surface area (Å²) in [5.41, 5.74) is 7.22. The molecular weight excluding hydrogens is 554 g/mol. The number of hydrogen-bond donors (Lipinski definition) is 2. The van der Waals surface area contributed by atoms with E-state index in [1.807, 2.05) is 6.07 Å². The van der Waals surface area contributed by atoms with Gasteiger partial charge in [0.15, 0.2) is 11.6 Å². The van der Waals surface area contributed by atoms with E-state index in [4.69, 9.17) is 22.4 Å². The lowest BCUT2D eigenvalue weighted by Crippen LogP contribution is -2.11. The van der Waals surface area contributed by atoms with Gasteiger partial charge in [-0.2, -0.15) is 0 Å². The molecule has 0 spiro atoms. The molecule has 0 radical (unpaired) electrons. The minimum Gasteiger partial charge on any atom is -0.475 e. The first-order chi connectivity index (χ1) is 19.7. The van der Waals surface area contributed by atoms with Crippen molar-refractivity contribution in [1.82, 2.24) is 14.8 Å². The SMILES string of the molecule is Nc1ccc(F)cc1C(=O)c1ccccc1.O=C(O)c1nc(CCl)n(-c2ccc(F)cc2C(=O)c2ccccc2)n1. The maximum atomic E-state index is 13.7. The van der Waals surface area contributed by atoms with Crippen molar-refractivity contribution < 1.29 is 28.3 Å². The predicted octanol–water partition coefficient (Wildman–Crippen LogP) is 5.71. The molecule has 0 aliphatic rings. The van der Waals surface area contributed by atoms with Crippen LogP contribution in [0.15, 0.2) is 97.1 Å². The second-order valence-corrected chi connectivity index (χ2v) is 8.75. The summed E-state index contributed by atoms with van der Waals surface area (Å²) in [5, 5.41) is 12.9. The first-order valence-electron chi connectivity index (χ1n) is 12.0. The third-order valence-electron chi connectivity index (χ3n) is 5.75. The maximum Gasteiger partial charge on any atom is 0.375 e. The quantitative estimate of drug-likeness (QED) is 0.145. The number of alkyl halides is 1. The van der Waals surface area contributed by atoms with Gasteiger partial charge in [-0.15, -0.1) is 16.7 Å². The molecule has 0 aliphatic carbocycles. The lowest BCUT2D eigenvalue weighted by atomic mass is 10.0. The summed E-state index contributed by atoms with van der Waals surface area (Å²) < 4.78 is 27.9. The van der Waals surface area contributed by atoms with E-state index in [-0.39, 0.29) is 40.0 Å². The molecule has 41 heavy (non-hydrogen) atoms. The molecule has 0 aliphatic heterocycles. The fraction of sp³-hybridized carbons (Fsp3) is 0.0333. The summed E-state index contributed by atoms with van der Waals surface area (Å²) in [6.45, 7) is 0. The van der Waals surface area contributed by atoms with E-state index in [1.54, 1.807) is 54.6 Å². The van der Waals surface area contributed by atoms with Crippen molar-refractivity contribution in [2.24, 2.45) is 0 Å². The van der Waals surface area contributed by atoms with E-state index in [0.717, 1.165) is 22.9 Å². The van der Waals surface area contributed by atoms with Crippen molar-refractivity contribution in [1.29, 1.82) is 0 Å². The Kier molecular flexibility index (Phi) is 8.95. The minimum absolute atomic E-state index is 0.0272. The highest BCUT2D eigenvalue weighted by atomic mass is 35.5. The van der Waals surface area contributed by atoms with Gasteiger partial charge < -0.3 is 10.8 Å². The van der Waals surface area contributed by atoms with Crippen molar-refractivity contribution in [3.63, 3.8) is 0 Å². The number of hydrogen-bond acceptors (Lipinski definition) is 6. The minimum atomic E-state index is -1.33. The van der Waals surface area contributed by atoms with Crippen LogP contribution in [-0.2, 0) is 5.88 Å². The molecule has 5 aromatic rings. The van der Waals surface area contributed by atoms with E-state index < -0.39 is 29.2 Å². The Morgan fingerprint density at radius 3 is 1.83 bits per heavy atom. The summed E-state index contributed by atoms with van der Waals surface area (Å²) >= 11 is 5.80. The number of ketones is 2. The molecule has 0 saturated heterocycles. The maximum absolute atomic E-state index is 13.7. The first kappa shape index (κ1) is 28.8. The Morgan fingerprint density at radius 1 is 0.780 bits per heavy atom. The normalized spacial score (nSPS) is 10.4. The second kappa shape index (κ2) is 12.8. The standard InChI is InChI=1S/C17H11ClFN3O3.C13H10FNO/c18-9-14-20-16(17(24)25)21-22(14)13-7-6-11(19)8-12(13)15(23)10-4-2-1-3-5-10;14-10-6-7-12(15)11(8-10)13(16)9-4-2-1-3-5-9/h1-8H,9H2,(H,24,25);1-8H,15H2. The third kappa shape index (κ3) is 6.68. The van der Waals surface area contributed by atoms with E-state index in [0.29, 0.717) is 11.1 Å². The van der Waals surface area contributed by atoms with E-state index >= 15 is 0 Å². The predicted molar refractivity (Wildman–Crippen MR) is 148 cm³/mol. The van der Waals surface area contributed by atoms with Crippen LogP contribution in [0.3, 0.4) is 0 Å². The van der Waals surface area contributed by atoms with Gasteiger partial charge in [0.05, 0.1) is 17.1 Å². The van der Waals surface area contributed by atoms with Gasteiger partial charge in [0.25, 0.3) is 5.82 Å². The number of carboxylic acid groups (broad SMARTS) is 1. The van der Waals surface area contributed by atoms with Crippen molar-refractivity contribution in [2.45, 2.75) is 5.88 Å². The third-order valence-corrected chi connectivity index (χ3v) is 5.99. The molecule has 11 heteroatoms. The van der Waals surface area contributed by atoms with E-state index in [9.17, 15) is 23.2 Å². The van der Waals surface area contributed by atoms with Crippen LogP contribution in [0.2, 0.25) is 0 Å². The van der Waals surface area contributed by atoms with Crippen LogP contribution in [0.5, 0.6) is 0 Å². The number of nitrogens with zero attached hydrogens (tertiary/aromatic N) is 3. The Bertz CT molecular complexity index is 1730. The van der Waals surface area contributed by atoms with Gasteiger partial charge >= 0.3 is 5.97 Å². The smallest absolute Gasteiger partial charge is 0.375 e. The molecule has 1 heterocycles. The Balaban J connectivity index is 0.000000208. The van der Waals surface area contributed by atoms with Crippen LogP contribution in [-0.4, -0.2) is 37.4 Å². The lowest BCUT2D eigenvalue weighted by molar-refractivity contribution is 0.0683. The topological polar surface area (TPSA) is 128 Å². The molecular formula is C30H21ClF2N4O4. The zero-order valence-electron chi connectivity index (χ0n) is 21.2. The summed E-state index contributed by atoms with van der Waals surface area (Å²) in [6.07, 6.45) is 0. The largest absolute Gasteiger partial charge is 0.475 e. The van der Waals surface area contributed by atoms with E-state index in [2.05, 4.69) is 10.1 Å². The highest BCUT2D eigenvalue weighted by Crippen LogP contribution is 2.22. The number of aromatic carboxylic acids is 1. The number of carbonyl (C=O) groups is 3. The molecule has 0 fully saturated rings. The molecule has 0 unspecified atom stereocenters. The summed E-state index contributed by atoms with van der Waals surface area (Å²) in [7, 11) is 0. The van der Waals surface area contributed by atoms with Crippen LogP contribution in [0.25, 0.3) is 5.69 Å². The molecule has 5 rings (SSSR count). The Morgan fingerprint density at radius 2 is 1.29 bits per heavy atom. The summed E-state index contributed by atoms with van der Waals surface area (Å²) in [4.78, 5) is 39.6. The van der Waals surface area contributed by atoms with Crippen LogP contribution in [0.4, 0.5) is 14.5 Å². The van der Waals surface area contributed by atoms with Crippen LogP contribution >= 0.6 is 11.6 Å². The van der Waals surface area contributed by atoms with Crippen molar-refractivity contribution in [2.75, 3.05) is 5.73 Å². The zero-order valence-corrected chi connectivity index (χ0v) is 21.9. The number of carbonyl (C=O) groups excluding carboxylic acids is 2. The van der Waals surface area contributed by atoms with Crippen LogP contribution in [0, 0.1) is 11.6 Å². The molecule has 3 N–H and O–H groups in total. The molecule has 206 valence electrons. The number of rotatable bonds is 7. The average molecular weight is 575 g/mol. The van der Waals surface area contributed by atoms with Gasteiger partial charge in [-0.05, 0) is 36.4 Å². The highest BCUT2D eigenvalue weighted by Gasteiger charge is 2.21. The number of carboxylic acids is 1. The van der Waals surface area contributed by atoms with Gasteiger partial charge in [0, 0.05) is 22.4 Å². The first-order valence-corrected chi connectivity index (χ1v) is 12.5. The van der Waals surface area contributed by atoms with Gasteiger partial charge in [0.2, 0.25) is 0 Å². The molecule has 0 amide bonds. The number of aromatic nitrogens is 3. The number of benzene rings is 4. The fourth-order valence-electron chi connectivity index (χ4n) is 3.80.